The van der Waals surface area contributed by atoms with Gasteiger partial charge in [-0.05, 0) is 35.4 Å². The van der Waals surface area contributed by atoms with Crippen LogP contribution in [0.3, 0.4) is 0 Å². The summed E-state index contributed by atoms with van der Waals surface area (Å²) in [6.45, 7) is -0.0131. The number of benzene rings is 3. The van der Waals surface area contributed by atoms with Crippen LogP contribution in [0.1, 0.15) is 15.4 Å². The molecule has 28 heavy (non-hydrogen) atoms. The molecular weight excluding hydrogens is 382 g/mol. The first-order chi connectivity index (χ1) is 13.5. The van der Waals surface area contributed by atoms with Crippen molar-refractivity contribution in [3.63, 3.8) is 0 Å². The summed E-state index contributed by atoms with van der Waals surface area (Å²) >= 11 is 1.42. The zero-order valence-electron chi connectivity index (χ0n) is 14.5. The predicted octanol–water partition coefficient (Wildman–Crippen LogP) is 4.92. The lowest BCUT2D eigenvalue weighted by atomic mass is 10.1. The fraction of sp³-hybridized carbons (Fsp3) is 0.0476. The highest BCUT2D eigenvalue weighted by Crippen LogP contribution is 2.29. The summed E-state index contributed by atoms with van der Waals surface area (Å²) in [6, 6.07) is 18.0. The largest absolute Gasteiger partial charge is 0.483 e. The van der Waals surface area contributed by atoms with Crippen LogP contribution in [0.15, 0.2) is 60.7 Å². The number of fused-ring (bicyclic) bond motifs is 1. The molecule has 1 heterocycles. The van der Waals surface area contributed by atoms with E-state index in [0.29, 0.717) is 5.01 Å². The molecule has 0 spiro atoms. The third-order valence-corrected chi connectivity index (χ3v) is 5.20. The molecule has 0 aliphatic rings. The first-order valence-electron chi connectivity index (χ1n) is 8.38. The number of rotatable bonds is 5. The molecular formula is C21H14F2N2O2S. The molecule has 0 atom stereocenters. The Morgan fingerprint density at radius 1 is 1.04 bits per heavy atom. The SMILES string of the molecule is NC(=O)c1c(F)ccc(OCc2nc3cc(-c4ccccc4)ccc3s2)c1F. The number of carbonyl (C=O) groups is 1. The van der Waals surface area contributed by atoms with E-state index in [4.69, 9.17) is 10.5 Å². The van der Waals surface area contributed by atoms with Crippen LogP contribution in [0.5, 0.6) is 5.75 Å². The van der Waals surface area contributed by atoms with Gasteiger partial charge in [0.25, 0.3) is 5.91 Å². The van der Waals surface area contributed by atoms with Crippen molar-refractivity contribution in [3.05, 3.63) is 82.9 Å². The number of ether oxygens (including phenoxy) is 1. The Morgan fingerprint density at radius 2 is 1.82 bits per heavy atom. The maximum Gasteiger partial charge on any atom is 0.254 e. The Balaban J connectivity index is 1.58. The number of primary amides is 1. The van der Waals surface area contributed by atoms with E-state index in [1.165, 1.54) is 11.3 Å². The van der Waals surface area contributed by atoms with Crippen molar-refractivity contribution >= 4 is 27.5 Å². The zero-order valence-corrected chi connectivity index (χ0v) is 15.3. The molecule has 0 saturated carbocycles. The highest BCUT2D eigenvalue weighted by atomic mass is 32.1. The molecule has 0 aliphatic heterocycles. The summed E-state index contributed by atoms with van der Waals surface area (Å²) in [5, 5.41) is 0.629. The lowest BCUT2D eigenvalue weighted by Gasteiger charge is -2.08. The van der Waals surface area contributed by atoms with Crippen molar-refractivity contribution < 1.29 is 18.3 Å². The van der Waals surface area contributed by atoms with Crippen molar-refractivity contribution in [2.45, 2.75) is 6.61 Å². The van der Waals surface area contributed by atoms with Crippen LogP contribution in [-0.4, -0.2) is 10.9 Å². The number of hydrogen-bond donors (Lipinski definition) is 1. The second kappa shape index (κ2) is 7.36. The van der Waals surface area contributed by atoms with Gasteiger partial charge in [-0.3, -0.25) is 4.79 Å². The lowest BCUT2D eigenvalue weighted by molar-refractivity contribution is 0.0991. The first kappa shape index (κ1) is 18.1. The van der Waals surface area contributed by atoms with Crippen LogP contribution < -0.4 is 10.5 Å². The Labute approximate surface area is 163 Å². The van der Waals surface area contributed by atoms with Gasteiger partial charge in [0.15, 0.2) is 11.6 Å². The molecule has 4 rings (SSSR count). The van der Waals surface area contributed by atoms with Crippen LogP contribution in [0.4, 0.5) is 8.78 Å². The van der Waals surface area contributed by atoms with Gasteiger partial charge in [-0.2, -0.15) is 0 Å². The minimum Gasteiger partial charge on any atom is -0.483 e. The molecule has 0 aliphatic carbocycles. The van der Waals surface area contributed by atoms with Crippen molar-refractivity contribution in [1.29, 1.82) is 0 Å². The summed E-state index contributed by atoms with van der Waals surface area (Å²) in [6.07, 6.45) is 0. The molecule has 1 amide bonds. The van der Waals surface area contributed by atoms with Crippen LogP contribution in [0.25, 0.3) is 21.3 Å². The number of carbonyl (C=O) groups excluding carboxylic acids is 1. The number of hydrogen-bond acceptors (Lipinski definition) is 4. The summed E-state index contributed by atoms with van der Waals surface area (Å²) < 4.78 is 34.2. The summed E-state index contributed by atoms with van der Waals surface area (Å²) in [5.41, 5.74) is 7.15. The average Bonchev–Trinajstić information content (AvgIpc) is 3.10. The van der Waals surface area contributed by atoms with Crippen molar-refractivity contribution in [2.24, 2.45) is 5.73 Å². The Hall–Kier alpha value is -3.32. The molecule has 1 aromatic heterocycles. The van der Waals surface area contributed by atoms with Crippen LogP contribution in [0, 0.1) is 11.6 Å². The Morgan fingerprint density at radius 3 is 2.57 bits per heavy atom. The molecule has 7 heteroatoms. The molecule has 4 nitrogen and oxygen atoms in total. The second-order valence-corrected chi connectivity index (χ2v) is 7.16. The van der Waals surface area contributed by atoms with Crippen LogP contribution >= 0.6 is 11.3 Å². The third kappa shape index (κ3) is 3.44. The van der Waals surface area contributed by atoms with E-state index in [-0.39, 0.29) is 12.4 Å². The molecule has 2 N–H and O–H groups in total. The number of thiazole rings is 1. The van der Waals surface area contributed by atoms with E-state index in [1.54, 1.807) is 0 Å². The maximum absolute atomic E-state index is 14.2. The van der Waals surface area contributed by atoms with Gasteiger partial charge in [0.2, 0.25) is 0 Å². The first-order valence-corrected chi connectivity index (χ1v) is 9.20. The maximum atomic E-state index is 14.2. The normalized spacial score (nSPS) is 10.9. The molecule has 0 radical (unpaired) electrons. The summed E-state index contributed by atoms with van der Waals surface area (Å²) in [5.74, 6) is -3.57. The van der Waals surface area contributed by atoms with E-state index >= 15 is 0 Å². The van der Waals surface area contributed by atoms with Gasteiger partial charge in [0.05, 0.1) is 10.2 Å². The van der Waals surface area contributed by atoms with Gasteiger partial charge in [-0.25, -0.2) is 13.8 Å². The molecule has 0 fully saturated rings. The fourth-order valence-corrected chi connectivity index (χ4v) is 3.72. The number of aromatic nitrogens is 1. The minimum absolute atomic E-state index is 0.0131. The smallest absolute Gasteiger partial charge is 0.254 e. The quantitative estimate of drug-likeness (QED) is 0.521. The van der Waals surface area contributed by atoms with E-state index in [1.807, 2.05) is 48.5 Å². The number of nitrogens with two attached hydrogens (primary N) is 1. The molecule has 0 saturated heterocycles. The average molecular weight is 396 g/mol. The van der Waals surface area contributed by atoms with E-state index < -0.39 is 23.1 Å². The van der Waals surface area contributed by atoms with Gasteiger partial charge in [-0.15, -0.1) is 11.3 Å². The Bertz CT molecular complexity index is 1180. The molecule has 0 unspecified atom stereocenters. The van der Waals surface area contributed by atoms with Crippen LogP contribution in [0.2, 0.25) is 0 Å². The number of amides is 1. The number of halogens is 2. The van der Waals surface area contributed by atoms with Crippen molar-refractivity contribution in [3.8, 4) is 16.9 Å². The van der Waals surface area contributed by atoms with Gasteiger partial charge in [0, 0.05) is 0 Å². The third-order valence-electron chi connectivity index (χ3n) is 4.19. The highest BCUT2D eigenvalue weighted by molar-refractivity contribution is 7.18. The van der Waals surface area contributed by atoms with E-state index in [0.717, 1.165) is 33.5 Å². The number of nitrogens with zero attached hydrogens (tertiary/aromatic N) is 1. The van der Waals surface area contributed by atoms with Gasteiger partial charge in [-0.1, -0.05) is 36.4 Å². The van der Waals surface area contributed by atoms with Crippen LogP contribution in [-0.2, 0) is 6.61 Å². The molecule has 3 aromatic carbocycles. The van der Waals surface area contributed by atoms with Gasteiger partial charge >= 0.3 is 0 Å². The summed E-state index contributed by atoms with van der Waals surface area (Å²) in [7, 11) is 0. The zero-order chi connectivity index (χ0) is 19.7. The minimum atomic E-state index is -1.19. The monoisotopic (exact) mass is 396 g/mol. The van der Waals surface area contributed by atoms with E-state index in [2.05, 4.69) is 4.98 Å². The predicted molar refractivity (Wildman–Crippen MR) is 104 cm³/mol. The molecule has 4 aromatic rings. The highest BCUT2D eigenvalue weighted by Gasteiger charge is 2.19. The molecule has 140 valence electrons. The second-order valence-electron chi connectivity index (χ2n) is 6.04. The topological polar surface area (TPSA) is 65.2 Å². The fourth-order valence-electron chi connectivity index (χ4n) is 2.86. The molecule has 0 bridgehead atoms. The lowest BCUT2D eigenvalue weighted by Crippen LogP contribution is -2.16. The standard InChI is InChI=1S/C21H14F2N2O2S/c22-14-7-8-16(20(23)19(14)21(24)26)27-11-18-25-15-10-13(6-9-17(15)28-18)12-4-2-1-3-5-12/h1-10H,11H2,(H2,24,26). The van der Waals surface area contributed by atoms with Gasteiger partial charge in [0.1, 0.15) is 23.0 Å². The van der Waals surface area contributed by atoms with Gasteiger partial charge < -0.3 is 10.5 Å². The Kier molecular flexibility index (Phi) is 4.75. The van der Waals surface area contributed by atoms with Crippen molar-refractivity contribution in [2.75, 3.05) is 0 Å². The van der Waals surface area contributed by atoms with E-state index in [9.17, 15) is 13.6 Å². The summed E-state index contributed by atoms with van der Waals surface area (Å²) in [4.78, 5) is 15.7. The van der Waals surface area contributed by atoms with Crippen molar-refractivity contribution in [1.82, 2.24) is 4.98 Å².